The topological polar surface area (TPSA) is 32.3 Å². The van der Waals surface area contributed by atoms with Gasteiger partial charge in [0.25, 0.3) is 0 Å². The normalized spacial score (nSPS) is 21.7. The van der Waals surface area contributed by atoms with E-state index >= 15 is 0 Å². The molecule has 1 N–H and O–H groups in total. The van der Waals surface area contributed by atoms with E-state index in [9.17, 15) is 4.79 Å². The molecular weight excluding hydrogens is 128 g/mol. The SMILES string of the molecule is CC1CCN1.CN(C)C=O. The fourth-order valence-electron chi connectivity index (χ4n) is 0.433. The van der Waals surface area contributed by atoms with Crippen LogP contribution in [0.4, 0.5) is 0 Å². The molecule has 10 heavy (non-hydrogen) atoms. The highest BCUT2D eigenvalue weighted by Gasteiger charge is 2.07. The lowest BCUT2D eigenvalue weighted by atomic mass is 10.1. The van der Waals surface area contributed by atoms with Gasteiger partial charge in [-0.2, -0.15) is 0 Å². The van der Waals surface area contributed by atoms with E-state index in [-0.39, 0.29) is 0 Å². The number of rotatable bonds is 1. The first kappa shape index (κ1) is 9.43. The maximum absolute atomic E-state index is 9.43. The predicted octanol–water partition coefficient (Wildman–Crippen LogP) is 0.0726. The molecule has 60 valence electrons. The van der Waals surface area contributed by atoms with E-state index in [4.69, 9.17) is 0 Å². The number of hydrogen-bond acceptors (Lipinski definition) is 2. The number of carbonyl (C=O) groups excluding carboxylic acids is 1. The van der Waals surface area contributed by atoms with Crippen molar-refractivity contribution in [2.45, 2.75) is 19.4 Å². The monoisotopic (exact) mass is 144 g/mol. The average Bonchev–Trinajstić information content (AvgIpc) is 1.85. The minimum atomic E-state index is 0.750. The third kappa shape index (κ3) is 5.56. The van der Waals surface area contributed by atoms with Crippen LogP contribution in [0.5, 0.6) is 0 Å². The molecule has 1 aliphatic rings. The third-order valence-corrected chi connectivity index (χ3v) is 1.28. The van der Waals surface area contributed by atoms with Crippen LogP contribution in [0, 0.1) is 0 Å². The maximum atomic E-state index is 9.43. The van der Waals surface area contributed by atoms with Gasteiger partial charge in [0.1, 0.15) is 0 Å². The largest absolute Gasteiger partial charge is 0.351 e. The van der Waals surface area contributed by atoms with Gasteiger partial charge in [-0.05, 0) is 19.9 Å². The predicted molar refractivity (Wildman–Crippen MR) is 41.8 cm³/mol. The van der Waals surface area contributed by atoms with Gasteiger partial charge in [-0.3, -0.25) is 4.79 Å². The van der Waals surface area contributed by atoms with Crippen LogP contribution < -0.4 is 5.32 Å². The number of nitrogens with one attached hydrogen (secondary N) is 1. The highest BCUT2D eigenvalue weighted by atomic mass is 16.1. The molecular formula is C7H16N2O. The molecule has 1 fully saturated rings. The number of nitrogens with zero attached hydrogens (tertiary/aromatic N) is 1. The molecule has 1 unspecified atom stereocenters. The smallest absolute Gasteiger partial charge is 0.209 e. The Balaban J connectivity index is 0.000000162. The number of hydrogen-bond donors (Lipinski definition) is 1. The second-order valence-corrected chi connectivity index (χ2v) is 2.71. The van der Waals surface area contributed by atoms with Crippen LogP contribution in [0.25, 0.3) is 0 Å². The van der Waals surface area contributed by atoms with E-state index in [1.807, 2.05) is 0 Å². The van der Waals surface area contributed by atoms with Gasteiger partial charge in [0.2, 0.25) is 6.41 Å². The van der Waals surface area contributed by atoms with E-state index in [0.717, 1.165) is 12.5 Å². The van der Waals surface area contributed by atoms with Crippen molar-refractivity contribution in [3.05, 3.63) is 0 Å². The molecule has 0 spiro atoms. The van der Waals surface area contributed by atoms with E-state index in [1.165, 1.54) is 17.9 Å². The molecule has 0 aliphatic carbocycles. The van der Waals surface area contributed by atoms with Crippen LogP contribution in [-0.2, 0) is 4.79 Å². The van der Waals surface area contributed by atoms with Crippen LogP contribution in [0.2, 0.25) is 0 Å². The zero-order valence-electron chi connectivity index (χ0n) is 6.92. The lowest BCUT2D eigenvalue weighted by Crippen LogP contribution is -2.39. The van der Waals surface area contributed by atoms with Crippen molar-refractivity contribution in [2.24, 2.45) is 0 Å². The highest BCUT2D eigenvalue weighted by Crippen LogP contribution is 1.96. The summed E-state index contributed by atoms with van der Waals surface area (Å²) in [4.78, 5) is 10.9. The molecule has 1 rings (SSSR count). The Labute approximate surface area is 62.4 Å². The summed E-state index contributed by atoms with van der Waals surface area (Å²) in [5.41, 5.74) is 0. The highest BCUT2D eigenvalue weighted by molar-refractivity contribution is 5.45. The van der Waals surface area contributed by atoms with Crippen molar-refractivity contribution in [3.63, 3.8) is 0 Å². The summed E-state index contributed by atoms with van der Waals surface area (Å²) in [6, 6.07) is 0.815. The maximum Gasteiger partial charge on any atom is 0.209 e. The van der Waals surface area contributed by atoms with Crippen molar-refractivity contribution >= 4 is 6.41 Å². The van der Waals surface area contributed by atoms with Crippen molar-refractivity contribution < 1.29 is 4.79 Å². The molecule has 0 radical (unpaired) electrons. The summed E-state index contributed by atoms with van der Waals surface area (Å²) in [5.74, 6) is 0. The first-order chi connectivity index (χ1) is 4.66. The van der Waals surface area contributed by atoms with Gasteiger partial charge in [0.05, 0.1) is 0 Å². The molecule has 0 aromatic carbocycles. The molecule has 3 heteroatoms. The zero-order valence-corrected chi connectivity index (χ0v) is 6.92. The minimum Gasteiger partial charge on any atom is -0.351 e. The van der Waals surface area contributed by atoms with Gasteiger partial charge in [-0.15, -0.1) is 0 Å². The Hall–Kier alpha value is -0.570. The van der Waals surface area contributed by atoms with Gasteiger partial charge in [0.15, 0.2) is 0 Å². The number of amides is 1. The molecule has 0 bridgehead atoms. The van der Waals surface area contributed by atoms with Crippen molar-refractivity contribution in [2.75, 3.05) is 20.6 Å². The molecule has 0 saturated carbocycles. The summed E-state index contributed by atoms with van der Waals surface area (Å²) in [6.45, 7) is 3.44. The van der Waals surface area contributed by atoms with E-state index in [2.05, 4.69) is 12.2 Å². The quantitative estimate of drug-likeness (QED) is 0.528. The van der Waals surface area contributed by atoms with Crippen molar-refractivity contribution in [3.8, 4) is 0 Å². The van der Waals surface area contributed by atoms with Gasteiger partial charge in [-0.25, -0.2) is 0 Å². The third-order valence-electron chi connectivity index (χ3n) is 1.28. The summed E-state index contributed by atoms with van der Waals surface area (Å²) >= 11 is 0. The Morgan fingerprint density at radius 3 is 1.90 bits per heavy atom. The van der Waals surface area contributed by atoms with E-state index in [0.29, 0.717) is 0 Å². The fraction of sp³-hybridized carbons (Fsp3) is 0.857. The van der Waals surface area contributed by atoms with E-state index in [1.54, 1.807) is 14.1 Å². The first-order valence-electron chi connectivity index (χ1n) is 3.52. The van der Waals surface area contributed by atoms with Crippen LogP contribution in [0.3, 0.4) is 0 Å². The molecule has 1 saturated heterocycles. The van der Waals surface area contributed by atoms with Gasteiger partial charge >= 0.3 is 0 Å². The van der Waals surface area contributed by atoms with Gasteiger partial charge in [-0.1, -0.05) is 0 Å². The Morgan fingerprint density at radius 1 is 1.60 bits per heavy atom. The summed E-state index contributed by atoms with van der Waals surface area (Å²) in [7, 11) is 3.38. The molecule has 0 aromatic heterocycles. The van der Waals surface area contributed by atoms with Crippen molar-refractivity contribution in [1.29, 1.82) is 0 Å². The lowest BCUT2D eigenvalue weighted by molar-refractivity contribution is -0.115. The van der Waals surface area contributed by atoms with Gasteiger partial charge < -0.3 is 10.2 Å². The van der Waals surface area contributed by atoms with Crippen LogP contribution >= 0.6 is 0 Å². The molecule has 3 nitrogen and oxygen atoms in total. The molecule has 0 aromatic rings. The van der Waals surface area contributed by atoms with Crippen LogP contribution in [0.1, 0.15) is 13.3 Å². The minimum absolute atomic E-state index is 0.750. The van der Waals surface area contributed by atoms with Gasteiger partial charge in [0, 0.05) is 20.1 Å². The van der Waals surface area contributed by atoms with Crippen LogP contribution in [0.15, 0.2) is 0 Å². The Morgan fingerprint density at radius 2 is 1.90 bits per heavy atom. The summed E-state index contributed by atoms with van der Waals surface area (Å²) in [5, 5.41) is 3.21. The zero-order chi connectivity index (χ0) is 7.98. The van der Waals surface area contributed by atoms with Crippen molar-refractivity contribution in [1.82, 2.24) is 10.2 Å². The summed E-state index contributed by atoms with van der Waals surface area (Å²) < 4.78 is 0. The standard InChI is InChI=1S/C4H9N.C3H7NO/c1-4-2-3-5-4;1-4(2)3-5/h4-5H,2-3H2,1H3;3H,1-2H3. The second kappa shape index (κ2) is 5.23. The lowest BCUT2D eigenvalue weighted by Gasteiger charge is -2.22. The Bertz CT molecular complexity index is 89.6. The molecule has 1 aliphatic heterocycles. The number of carbonyl (C=O) groups is 1. The first-order valence-corrected chi connectivity index (χ1v) is 3.52. The fourth-order valence-corrected chi connectivity index (χ4v) is 0.433. The van der Waals surface area contributed by atoms with Crippen LogP contribution in [-0.4, -0.2) is 38.0 Å². The summed E-state index contributed by atoms with van der Waals surface area (Å²) in [6.07, 6.45) is 2.12. The second-order valence-electron chi connectivity index (χ2n) is 2.71. The van der Waals surface area contributed by atoms with E-state index < -0.39 is 0 Å². The Kier molecular flexibility index (Phi) is 4.94. The molecule has 1 heterocycles. The molecule has 1 atom stereocenters. The average molecular weight is 144 g/mol. The molecule has 1 amide bonds.